The van der Waals surface area contributed by atoms with Gasteiger partial charge in [-0.2, -0.15) is 0 Å². The van der Waals surface area contributed by atoms with Crippen LogP contribution < -0.4 is 0 Å². The topological polar surface area (TPSA) is 90.7 Å². The van der Waals surface area contributed by atoms with E-state index in [1.807, 2.05) is 6.20 Å². The molecule has 1 saturated heterocycles. The molecule has 0 radical (unpaired) electrons. The van der Waals surface area contributed by atoms with Crippen LogP contribution in [-0.2, 0) is 9.59 Å². The molecule has 1 unspecified atom stereocenters. The molecular formula is C16H18N2O4. The van der Waals surface area contributed by atoms with Gasteiger partial charge in [-0.1, -0.05) is 5.92 Å². The van der Waals surface area contributed by atoms with Crippen LogP contribution in [0.25, 0.3) is 0 Å². The number of terminal acetylenes is 1. The maximum atomic E-state index is 9.55. The first-order valence-electron chi connectivity index (χ1n) is 6.69. The molecule has 1 aromatic rings. The molecule has 2 rings (SSSR count). The van der Waals surface area contributed by atoms with Gasteiger partial charge in [-0.05, 0) is 38.1 Å². The van der Waals surface area contributed by atoms with Crippen LogP contribution in [0.4, 0.5) is 0 Å². The molecule has 1 aliphatic rings. The van der Waals surface area contributed by atoms with E-state index in [0.717, 1.165) is 5.56 Å². The number of hydrogen-bond donors (Lipinski definition) is 2. The summed E-state index contributed by atoms with van der Waals surface area (Å²) in [6.45, 7) is 1.17. The average molecular weight is 302 g/mol. The Morgan fingerprint density at radius 3 is 2.45 bits per heavy atom. The summed E-state index contributed by atoms with van der Waals surface area (Å²) in [5.74, 6) is 0.111. The van der Waals surface area contributed by atoms with E-state index in [1.54, 1.807) is 6.20 Å². The van der Waals surface area contributed by atoms with Crippen molar-refractivity contribution in [3.63, 3.8) is 0 Å². The lowest BCUT2D eigenvalue weighted by Crippen LogP contribution is -2.17. The maximum absolute atomic E-state index is 9.55. The van der Waals surface area contributed by atoms with Crippen molar-refractivity contribution in [1.82, 2.24) is 9.88 Å². The number of carbonyl (C=O) groups is 2. The van der Waals surface area contributed by atoms with Crippen LogP contribution >= 0.6 is 0 Å². The largest absolute Gasteiger partial charge is 0.478 e. The normalized spacial score (nSPS) is 17.5. The number of carboxylic acids is 2. The number of carboxylic acid groups (broad SMARTS) is 2. The number of nitrogens with zero attached hydrogens (tertiary/aromatic N) is 2. The molecule has 0 saturated carbocycles. The lowest BCUT2D eigenvalue weighted by atomic mass is 10.1. The maximum Gasteiger partial charge on any atom is 0.328 e. The highest BCUT2D eigenvalue weighted by atomic mass is 16.4. The summed E-state index contributed by atoms with van der Waals surface area (Å²) in [6, 6.07) is 2.58. The Bertz CT molecular complexity index is 588. The first kappa shape index (κ1) is 17.4. The molecule has 0 aliphatic carbocycles. The molecular weight excluding hydrogens is 284 g/mol. The average Bonchev–Trinajstić information content (AvgIpc) is 2.92. The molecule has 22 heavy (non-hydrogen) atoms. The van der Waals surface area contributed by atoms with Crippen LogP contribution in [0.5, 0.6) is 0 Å². The third-order valence-corrected chi connectivity index (χ3v) is 3.20. The second-order valence-electron chi connectivity index (χ2n) is 4.80. The van der Waals surface area contributed by atoms with E-state index >= 15 is 0 Å². The summed E-state index contributed by atoms with van der Waals surface area (Å²) in [5, 5.41) is 15.6. The number of hydrogen-bond acceptors (Lipinski definition) is 4. The van der Waals surface area contributed by atoms with Crippen molar-refractivity contribution in [3.8, 4) is 12.3 Å². The Hall–Kier alpha value is -2.65. The second-order valence-corrected chi connectivity index (χ2v) is 4.80. The highest BCUT2D eigenvalue weighted by Gasteiger charge is 2.22. The summed E-state index contributed by atoms with van der Waals surface area (Å²) >= 11 is 0. The van der Waals surface area contributed by atoms with E-state index in [4.69, 9.17) is 16.6 Å². The zero-order chi connectivity index (χ0) is 16.5. The molecule has 6 heteroatoms. The molecule has 1 aromatic heterocycles. The van der Waals surface area contributed by atoms with Gasteiger partial charge < -0.3 is 10.2 Å². The Morgan fingerprint density at radius 1 is 1.36 bits per heavy atom. The van der Waals surface area contributed by atoms with Crippen molar-refractivity contribution >= 4 is 11.9 Å². The molecule has 2 heterocycles. The molecule has 2 N–H and O–H groups in total. The van der Waals surface area contributed by atoms with Crippen molar-refractivity contribution in [2.75, 3.05) is 13.6 Å². The monoisotopic (exact) mass is 302 g/mol. The van der Waals surface area contributed by atoms with Gasteiger partial charge in [0.25, 0.3) is 0 Å². The Balaban J connectivity index is 0.000000261. The van der Waals surface area contributed by atoms with E-state index < -0.39 is 11.9 Å². The van der Waals surface area contributed by atoms with Crippen molar-refractivity contribution in [2.24, 2.45) is 0 Å². The molecule has 1 aliphatic heterocycles. The second kappa shape index (κ2) is 8.60. The number of pyridine rings is 1. The van der Waals surface area contributed by atoms with Gasteiger partial charge in [0.15, 0.2) is 0 Å². The van der Waals surface area contributed by atoms with E-state index in [9.17, 15) is 9.59 Å². The molecule has 0 aromatic carbocycles. The molecule has 1 atom stereocenters. The third-order valence-electron chi connectivity index (χ3n) is 3.20. The van der Waals surface area contributed by atoms with Gasteiger partial charge in [-0.25, -0.2) is 9.59 Å². The van der Waals surface area contributed by atoms with Gasteiger partial charge >= 0.3 is 11.9 Å². The van der Waals surface area contributed by atoms with Crippen LogP contribution in [0.1, 0.15) is 30.0 Å². The van der Waals surface area contributed by atoms with E-state index in [0.29, 0.717) is 18.2 Å². The number of rotatable bonds is 3. The lowest BCUT2D eigenvalue weighted by molar-refractivity contribution is -0.134. The predicted octanol–water partition coefficient (Wildman–Crippen LogP) is 1.54. The van der Waals surface area contributed by atoms with E-state index in [2.05, 4.69) is 28.9 Å². The first-order chi connectivity index (χ1) is 10.4. The Kier molecular flexibility index (Phi) is 6.80. The van der Waals surface area contributed by atoms with Gasteiger partial charge in [0, 0.05) is 36.2 Å². The highest BCUT2D eigenvalue weighted by Crippen LogP contribution is 2.29. The molecule has 0 spiro atoms. The zero-order valence-electron chi connectivity index (χ0n) is 12.3. The minimum absolute atomic E-state index is 0.510. The summed E-state index contributed by atoms with van der Waals surface area (Å²) in [7, 11) is 2.15. The molecule has 1 fully saturated rings. The van der Waals surface area contributed by atoms with Crippen LogP contribution in [0.2, 0.25) is 0 Å². The van der Waals surface area contributed by atoms with Crippen LogP contribution in [0, 0.1) is 12.3 Å². The Labute approximate surface area is 129 Å². The lowest BCUT2D eigenvalue weighted by Gasteiger charge is -2.19. The summed E-state index contributed by atoms with van der Waals surface area (Å²) in [4.78, 5) is 25.6. The van der Waals surface area contributed by atoms with Crippen molar-refractivity contribution in [1.29, 1.82) is 0 Å². The van der Waals surface area contributed by atoms with Crippen molar-refractivity contribution in [3.05, 3.63) is 41.7 Å². The van der Waals surface area contributed by atoms with Gasteiger partial charge in [-0.15, -0.1) is 6.42 Å². The number of aromatic nitrogens is 1. The molecule has 6 nitrogen and oxygen atoms in total. The van der Waals surface area contributed by atoms with Gasteiger partial charge in [0.2, 0.25) is 0 Å². The fourth-order valence-electron chi connectivity index (χ4n) is 2.19. The SMILES string of the molecule is C#Cc1cncc(C2CCCN2C)c1.O=C(O)/C=C\C(=O)O. The minimum atomic E-state index is -1.26. The van der Waals surface area contributed by atoms with Gasteiger partial charge in [0.1, 0.15) is 0 Å². The molecule has 0 amide bonds. The van der Waals surface area contributed by atoms with Gasteiger partial charge in [-0.3, -0.25) is 9.88 Å². The third kappa shape index (κ3) is 5.77. The summed E-state index contributed by atoms with van der Waals surface area (Å²) < 4.78 is 0. The van der Waals surface area contributed by atoms with E-state index in [1.165, 1.54) is 24.9 Å². The fourth-order valence-corrected chi connectivity index (χ4v) is 2.19. The standard InChI is InChI=1S/C12H14N2.C4H4O4/c1-3-10-7-11(9-13-8-10)12-5-4-6-14(12)2;5-3(6)1-2-4(7)8/h1,7-9,12H,4-6H2,2H3;1-2H,(H,5,6)(H,7,8)/b;2-1-. The molecule has 116 valence electrons. The Morgan fingerprint density at radius 2 is 2.00 bits per heavy atom. The van der Waals surface area contributed by atoms with E-state index in [-0.39, 0.29) is 0 Å². The van der Waals surface area contributed by atoms with Crippen LogP contribution in [0.15, 0.2) is 30.6 Å². The van der Waals surface area contributed by atoms with Crippen LogP contribution in [-0.4, -0.2) is 45.6 Å². The predicted molar refractivity (Wildman–Crippen MR) is 81.2 cm³/mol. The minimum Gasteiger partial charge on any atom is -0.478 e. The number of aliphatic carboxylic acids is 2. The van der Waals surface area contributed by atoms with Crippen molar-refractivity contribution < 1.29 is 19.8 Å². The number of likely N-dealkylation sites (tertiary alicyclic amines) is 1. The summed E-state index contributed by atoms with van der Waals surface area (Å²) in [5.41, 5.74) is 2.13. The smallest absolute Gasteiger partial charge is 0.328 e. The first-order valence-corrected chi connectivity index (χ1v) is 6.69. The summed E-state index contributed by atoms with van der Waals surface area (Å²) in [6.07, 6.45) is 12.6. The fraction of sp³-hybridized carbons (Fsp3) is 0.312. The van der Waals surface area contributed by atoms with Gasteiger partial charge in [0.05, 0.1) is 0 Å². The van der Waals surface area contributed by atoms with Crippen molar-refractivity contribution in [2.45, 2.75) is 18.9 Å². The van der Waals surface area contributed by atoms with Crippen LogP contribution in [0.3, 0.4) is 0 Å². The quantitative estimate of drug-likeness (QED) is 0.650. The zero-order valence-corrected chi connectivity index (χ0v) is 12.3. The highest BCUT2D eigenvalue weighted by molar-refractivity contribution is 5.89. The molecule has 0 bridgehead atoms.